The van der Waals surface area contributed by atoms with E-state index in [1.807, 2.05) is 18.7 Å². The van der Waals surface area contributed by atoms with E-state index in [0.717, 1.165) is 31.6 Å². The van der Waals surface area contributed by atoms with Gasteiger partial charge < -0.3 is 9.30 Å². The van der Waals surface area contributed by atoms with Crippen molar-refractivity contribution >= 4 is 23.6 Å². The SMILES string of the molecule is CCCCn1c(SCC(=O)NC(=O)c2ccc(OC(F)F)cc2)nnc1[C@@H](CC)N(C)C. The zero-order chi connectivity index (χ0) is 23.7. The highest BCUT2D eigenvalue weighted by molar-refractivity contribution is 7.99. The van der Waals surface area contributed by atoms with Crippen molar-refractivity contribution in [2.45, 2.75) is 57.5 Å². The smallest absolute Gasteiger partial charge is 0.387 e. The molecule has 8 nitrogen and oxygen atoms in total. The molecular formula is C21H29F2N5O3S. The summed E-state index contributed by atoms with van der Waals surface area (Å²) in [5.74, 6) is -0.327. The first-order chi connectivity index (χ1) is 15.3. The molecule has 11 heteroatoms. The van der Waals surface area contributed by atoms with Gasteiger partial charge in [-0.05, 0) is 51.2 Å². The third-order valence-corrected chi connectivity index (χ3v) is 5.68. The minimum atomic E-state index is -2.95. The number of aromatic nitrogens is 3. The van der Waals surface area contributed by atoms with E-state index in [9.17, 15) is 18.4 Å². The van der Waals surface area contributed by atoms with Gasteiger partial charge in [-0.3, -0.25) is 19.8 Å². The number of nitrogens with one attached hydrogen (secondary N) is 1. The number of nitrogens with zero attached hydrogens (tertiary/aromatic N) is 4. The van der Waals surface area contributed by atoms with Gasteiger partial charge in [0.15, 0.2) is 11.0 Å². The molecule has 0 spiro atoms. The second-order valence-electron chi connectivity index (χ2n) is 7.30. The Morgan fingerprint density at radius 2 is 1.88 bits per heavy atom. The van der Waals surface area contributed by atoms with Gasteiger partial charge in [0.2, 0.25) is 5.91 Å². The fourth-order valence-electron chi connectivity index (χ4n) is 3.11. The predicted octanol–water partition coefficient (Wildman–Crippen LogP) is 3.74. The summed E-state index contributed by atoms with van der Waals surface area (Å²) in [7, 11) is 3.98. The predicted molar refractivity (Wildman–Crippen MR) is 118 cm³/mol. The van der Waals surface area contributed by atoms with Crippen molar-refractivity contribution in [3.63, 3.8) is 0 Å². The number of alkyl halides is 2. The highest BCUT2D eigenvalue weighted by atomic mass is 32.2. The third kappa shape index (κ3) is 7.27. The average molecular weight is 470 g/mol. The molecule has 0 radical (unpaired) electrons. The van der Waals surface area contributed by atoms with Crippen LogP contribution in [-0.2, 0) is 11.3 Å². The van der Waals surface area contributed by atoms with Gasteiger partial charge in [0.1, 0.15) is 5.75 Å². The normalized spacial score (nSPS) is 12.2. The first kappa shape index (κ1) is 25.7. The maximum Gasteiger partial charge on any atom is 0.387 e. The maximum absolute atomic E-state index is 12.3. The van der Waals surface area contributed by atoms with Crippen LogP contribution in [0.1, 0.15) is 55.3 Å². The summed E-state index contributed by atoms with van der Waals surface area (Å²) >= 11 is 1.22. The quantitative estimate of drug-likeness (QED) is 0.474. The second kappa shape index (κ2) is 12.5. The van der Waals surface area contributed by atoms with Crippen LogP contribution in [0.5, 0.6) is 5.75 Å². The number of halogens is 2. The molecule has 2 amide bonds. The van der Waals surface area contributed by atoms with E-state index in [1.165, 1.54) is 36.0 Å². The van der Waals surface area contributed by atoms with E-state index in [2.05, 4.69) is 39.0 Å². The Morgan fingerprint density at radius 3 is 2.44 bits per heavy atom. The Hall–Kier alpha value is -2.53. The van der Waals surface area contributed by atoms with Gasteiger partial charge in [-0.1, -0.05) is 32.0 Å². The molecule has 1 aromatic heterocycles. The molecule has 2 rings (SSSR count). The van der Waals surface area contributed by atoms with Crippen LogP contribution in [0.15, 0.2) is 29.4 Å². The minimum Gasteiger partial charge on any atom is -0.435 e. The number of rotatable bonds is 12. The summed E-state index contributed by atoms with van der Waals surface area (Å²) in [5.41, 5.74) is 0.162. The summed E-state index contributed by atoms with van der Waals surface area (Å²) in [5, 5.41) is 11.6. The Balaban J connectivity index is 2.01. The van der Waals surface area contributed by atoms with Gasteiger partial charge in [-0.25, -0.2) is 0 Å². The van der Waals surface area contributed by atoms with E-state index in [4.69, 9.17) is 0 Å². The van der Waals surface area contributed by atoms with Gasteiger partial charge in [0.25, 0.3) is 5.91 Å². The summed E-state index contributed by atoms with van der Waals surface area (Å²) in [4.78, 5) is 26.6. The molecule has 0 saturated heterocycles. The molecule has 0 aliphatic heterocycles. The highest BCUT2D eigenvalue weighted by Gasteiger charge is 2.22. The third-order valence-electron chi connectivity index (χ3n) is 4.72. The Bertz CT molecular complexity index is 890. The van der Waals surface area contributed by atoms with Crippen molar-refractivity contribution in [1.82, 2.24) is 25.0 Å². The second-order valence-corrected chi connectivity index (χ2v) is 8.24. The number of amides is 2. The van der Waals surface area contributed by atoms with Crippen molar-refractivity contribution in [3.05, 3.63) is 35.7 Å². The number of thioether (sulfide) groups is 1. The van der Waals surface area contributed by atoms with Crippen molar-refractivity contribution in [2.24, 2.45) is 0 Å². The molecule has 0 aliphatic carbocycles. The Kier molecular flexibility index (Phi) is 10.0. The standard InChI is InChI=1S/C21H29F2N5O3S/c1-5-7-12-28-18(16(6-2)27(3)4)25-26-21(28)32-13-17(29)24-19(30)14-8-10-15(11-9-14)31-20(22)23/h8-11,16,20H,5-7,12-13H2,1-4H3,(H,24,29,30)/t16-/m1/s1. The van der Waals surface area contributed by atoms with E-state index in [-0.39, 0.29) is 23.1 Å². The molecule has 1 aromatic carbocycles. The van der Waals surface area contributed by atoms with Crippen LogP contribution < -0.4 is 10.1 Å². The number of unbranched alkanes of at least 4 members (excludes halogenated alkanes) is 1. The first-order valence-corrected chi connectivity index (χ1v) is 11.4. The summed E-state index contributed by atoms with van der Waals surface area (Å²) < 4.78 is 30.7. The largest absolute Gasteiger partial charge is 0.435 e. The van der Waals surface area contributed by atoms with E-state index >= 15 is 0 Å². The van der Waals surface area contributed by atoms with Crippen LogP contribution >= 0.6 is 11.8 Å². The summed E-state index contributed by atoms with van der Waals surface area (Å²) in [6, 6.07) is 5.22. The van der Waals surface area contributed by atoms with Crippen molar-refractivity contribution in [1.29, 1.82) is 0 Å². The Morgan fingerprint density at radius 1 is 1.19 bits per heavy atom. The molecular weight excluding hydrogens is 440 g/mol. The average Bonchev–Trinajstić information content (AvgIpc) is 3.13. The number of hydrogen-bond acceptors (Lipinski definition) is 7. The van der Waals surface area contributed by atoms with E-state index in [0.29, 0.717) is 5.16 Å². The number of ether oxygens (including phenoxy) is 1. The van der Waals surface area contributed by atoms with Crippen LogP contribution in [0.2, 0.25) is 0 Å². The van der Waals surface area contributed by atoms with Gasteiger partial charge >= 0.3 is 6.61 Å². The van der Waals surface area contributed by atoms with E-state index < -0.39 is 18.4 Å². The fraction of sp³-hybridized carbons (Fsp3) is 0.524. The Labute approximate surface area is 190 Å². The first-order valence-electron chi connectivity index (χ1n) is 10.4. The molecule has 0 fully saturated rings. The van der Waals surface area contributed by atoms with Gasteiger partial charge in [-0.15, -0.1) is 10.2 Å². The van der Waals surface area contributed by atoms with Crippen LogP contribution in [0.3, 0.4) is 0 Å². The van der Waals surface area contributed by atoms with Crippen LogP contribution in [0.25, 0.3) is 0 Å². The van der Waals surface area contributed by atoms with Gasteiger partial charge in [0, 0.05) is 12.1 Å². The molecule has 0 unspecified atom stereocenters. The molecule has 176 valence electrons. The monoisotopic (exact) mass is 469 g/mol. The fourth-order valence-corrected chi connectivity index (χ4v) is 3.88. The number of imide groups is 1. The molecule has 1 atom stereocenters. The lowest BCUT2D eigenvalue weighted by molar-refractivity contribution is -0.117. The number of carbonyl (C=O) groups excluding carboxylic acids is 2. The molecule has 0 aliphatic rings. The lowest BCUT2D eigenvalue weighted by Gasteiger charge is -2.23. The minimum absolute atomic E-state index is 0.0126. The summed E-state index contributed by atoms with van der Waals surface area (Å²) in [6.07, 6.45) is 2.84. The van der Waals surface area contributed by atoms with E-state index in [1.54, 1.807) is 0 Å². The summed E-state index contributed by atoms with van der Waals surface area (Å²) in [6.45, 7) is 1.99. The van der Waals surface area contributed by atoms with Crippen molar-refractivity contribution in [3.8, 4) is 5.75 Å². The maximum atomic E-state index is 12.3. The van der Waals surface area contributed by atoms with Gasteiger partial charge in [0.05, 0.1) is 11.8 Å². The lowest BCUT2D eigenvalue weighted by atomic mass is 10.2. The van der Waals surface area contributed by atoms with Gasteiger partial charge in [-0.2, -0.15) is 8.78 Å². The molecule has 1 N–H and O–H groups in total. The number of hydrogen-bond donors (Lipinski definition) is 1. The number of benzene rings is 1. The zero-order valence-corrected chi connectivity index (χ0v) is 19.5. The van der Waals surface area contributed by atoms with Crippen LogP contribution in [0.4, 0.5) is 8.78 Å². The topological polar surface area (TPSA) is 89.3 Å². The molecule has 0 bridgehead atoms. The molecule has 2 aromatic rings. The van der Waals surface area contributed by atoms with Crippen LogP contribution in [0, 0.1) is 0 Å². The zero-order valence-electron chi connectivity index (χ0n) is 18.7. The number of carbonyl (C=O) groups is 2. The van der Waals surface area contributed by atoms with Crippen molar-refractivity contribution in [2.75, 3.05) is 19.8 Å². The van der Waals surface area contributed by atoms with Crippen molar-refractivity contribution < 1.29 is 23.1 Å². The van der Waals surface area contributed by atoms with Crippen LogP contribution in [-0.4, -0.2) is 57.9 Å². The lowest BCUT2D eigenvalue weighted by Crippen LogP contribution is -2.31. The molecule has 1 heterocycles. The highest BCUT2D eigenvalue weighted by Crippen LogP contribution is 2.25. The molecule has 0 saturated carbocycles. The molecule has 32 heavy (non-hydrogen) atoms.